The van der Waals surface area contributed by atoms with E-state index in [-0.39, 0.29) is 23.1 Å². The van der Waals surface area contributed by atoms with Gasteiger partial charge in [-0.25, -0.2) is 12.4 Å². The molecule has 1 fully saturated rings. The first kappa shape index (κ1) is 35.2. The van der Waals surface area contributed by atoms with Crippen molar-refractivity contribution in [2.75, 3.05) is 13.2 Å². The average Bonchev–Trinajstić information content (AvgIpc) is 3.49. The maximum absolute atomic E-state index is 13.5. The Morgan fingerprint density at radius 2 is 1.31 bits per heavy atom. The van der Waals surface area contributed by atoms with Crippen molar-refractivity contribution in [2.45, 2.75) is 67.8 Å². The SMILES string of the molecule is CC(C)(C)[Si](OC[C@H]1O[C@@H](OCCc2cn(S(=O)(=O)c3ccccc3)c3ccccc23)[C@H](O)[C@@H](O)[C@@H]1O)(c1ccccc1)c1ccccc1. The largest absolute Gasteiger partial charge is 0.405 e. The summed E-state index contributed by atoms with van der Waals surface area (Å²) in [6, 6.07) is 35.6. The Morgan fingerprint density at radius 3 is 1.90 bits per heavy atom. The molecule has 6 rings (SSSR count). The molecule has 0 saturated carbocycles. The normalized spacial score (nSPS) is 22.0. The predicted molar refractivity (Wildman–Crippen MR) is 191 cm³/mol. The minimum atomic E-state index is -3.85. The van der Waals surface area contributed by atoms with E-state index in [1.807, 2.05) is 48.5 Å². The van der Waals surface area contributed by atoms with Crippen LogP contribution in [-0.4, -0.2) is 79.9 Å². The number of benzene rings is 4. The van der Waals surface area contributed by atoms with Gasteiger partial charge in [0.15, 0.2) is 6.29 Å². The summed E-state index contributed by atoms with van der Waals surface area (Å²) in [4.78, 5) is 0.177. The number of rotatable bonds is 11. The van der Waals surface area contributed by atoms with Crippen LogP contribution in [0.25, 0.3) is 10.9 Å². The summed E-state index contributed by atoms with van der Waals surface area (Å²) in [6.07, 6.45) is -4.84. The highest BCUT2D eigenvalue weighted by Gasteiger charge is 2.52. The molecule has 0 spiro atoms. The van der Waals surface area contributed by atoms with Gasteiger partial charge in [0.2, 0.25) is 0 Å². The van der Waals surface area contributed by atoms with Crippen molar-refractivity contribution < 1.29 is 37.6 Å². The summed E-state index contributed by atoms with van der Waals surface area (Å²) >= 11 is 0. The van der Waals surface area contributed by atoms with Crippen molar-refractivity contribution in [3.8, 4) is 0 Å². The first-order chi connectivity index (χ1) is 23.4. The van der Waals surface area contributed by atoms with Gasteiger partial charge < -0.3 is 29.2 Å². The van der Waals surface area contributed by atoms with Crippen molar-refractivity contribution in [1.82, 2.24) is 3.97 Å². The highest BCUT2D eigenvalue weighted by atomic mass is 32.2. The molecule has 258 valence electrons. The van der Waals surface area contributed by atoms with Gasteiger partial charge in [-0.15, -0.1) is 0 Å². The Hall–Kier alpha value is -3.65. The van der Waals surface area contributed by atoms with E-state index in [4.69, 9.17) is 13.9 Å². The lowest BCUT2D eigenvalue weighted by molar-refractivity contribution is -0.300. The second-order valence-corrected chi connectivity index (χ2v) is 19.5. The fraction of sp³-hybridized carbons (Fsp3) is 0.316. The number of nitrogens with zero attached hydrogens (tertiary/aromatic N) is 1. The molecule has 1 saturated heterocycles. The summed E-state index contributed by atoms with van der Waals surface area (Å²) in [5.41, 5.74) is 1.27. The number of para-hydroxylation sites is 1. The first-order valence-corrected chi connectivity index (χ1v) is 19.8. The second-order valence-electron chi connectivity index (χ2n) is 13.4. The summed E-state index contributed by atoms with van der Waals surface area (Å²) in [5, 5.41) is 35.4. The van der Waals surface area contributed by atoms with E-state index in [2.05, 4.69) is 45.0 Å². The van der Waals surface area contributed by atoms with Gasteiger partial charge in [0.05, 0.1) is 23.6 Å². The summed E-state index contributed by atoms with van der Waals surface area (Å²) in [7, 11) is -6.83. The third-order valence-electron chi connectivity index (χ3n) is 9.26. The maximum Gasteiger partial charge on any atom is 0.268 e. The fourth-order valence-corrected chi connectivity index (χ4v) is 12.7. The van der Waals surface area contributed by atoms with Gasteiger partial charge in [0, 0.05) is 11.6 Å². The van der Waals surface area contributed by atoms with Crippen LogP contribution in [0, 0.1) is 0 Å². The number of aliphatic hydroxyl groups excluding tert-OH is 3. The van der Waals surface area contributed by atoms with Crippen molar-refractivity contribution in [1.29, 1.82) is 0 Å². The lowest BCUT2D eigenvalue weighted by atomic mass is 9.99. The number of aliphatic hydroxyl groups is 3. The molecular weight excluding hydrogens is 659 g/mol. The lowest BCUT2D eigenvalue weighted by Crippen LogP contribution is -2.68. The van der Waals surface area contributed by atoms with E-state index in [1.54, 1.807) is 48.7 Å². The monoisotopic (exact) mass is 701 g/mol. The van der Waals surface area contributed by atoms with Crippen LogP contribution >= 0.6 is 0 Å². The molecule has 0 aliphatic carbocycles. The van der Waals surface area contributed by atoms with E-state index in [0.29, 0.717) is 11.9 Å². The van der Waals surface area contributed by atoms with Gasteiger partial charge in [0.1, 0.15) is 24.4 Å². The van der Waals surface area contributed by atoms with Crippen LogP contribution in [0.3, 0.4) is 0 Å². The summed E-state index contributed by atoms with van der Waals surface area (Å²) in [5.74, 6) is 0. The molecule has 5 atom stereocenters. The molecule has 2 heterocycles. The predicted octanol–water partition coefficient (Wildman–Crippen LogP) is 3.82. The van der Waals surface area contributed by atoms with Crippen molar-refractivity contribution in [2.24, 2.45) is 0 Å². The van der Waals surface area contributed by atoms with Gasteiger partial charge in [-0.05, 0) is 45.6 Å². The second kappa shape index (κ2) is 14.3. The van der Waals surface area contributed by atoms with Gasteiger partial charge in [0.25, 0.3) is 18.3 Å². The number of hydrogen-bond donors (Lipinski definition) is 3. The summed E-state index contributed by atoms with van der Waals surface area (Å²) in [6.45, 7) is 6.42. The van der Waals surface area contributed by atoms with E-state index >= 15 is 0 Å². The standard InChI is InChI=1S/C38H43NO8SSi/c1-38(2,3)49(29-17-9-5-10-18-29,30-19-11-6-12-20-30)46-26-33-34(40)35(41)36(42)37(47-33)45-24-23-27-25-39(32-22-14-13-21-31(27)32)48(43,44)28-15-7-4-8-16-28/h4-22,25,33-37,40-42H,23-24,26H2,1-3H3/t33-,34-,35+,36-,37-/m1/s1. The van der Waals surface area contributed by atoms with E-state index in [1.165, 1.54) is 3.97 Å². The third kappa shape index (κ3) is 6.77. The smallest absolute Gasteiger partial charge is 0.268 e. The Balaban J connectivity index is 1.21. The van der Waals surface area contributed by atoms with Gasteiger partial charge in [-0.2, -0.15) is 0 Å². The highest BCUT2D eigenvalue weighted by Crippen LogP contribution is 2.37. The molecule has 9 nitrogen and oxygen atoms in total. The van der Waals surface area contributed by atoms with Crippen LogP contribution in [0.15, 0.2) is 126 Å². The van der Waals surface area contributed by atoms with Crippen LogP contribution in [0.4, 0.5) is 0 Å². The molecule has 1 aliphatic rings. The van der Waals surface area contributed by atoms with Crippen molar-refractivity contribution in [3.63, 3.8) is 0 Å². The zero-order valence-corrected chi connectivity index (χ0v) is 29.6. The fourth-order valence-electron chi connectivity index (χ4n) is 6.77. The molecule has 1 aromatic heterocycles. The molecule has 0 bridgehead atoms. The van der Waals surface area contributed by atoms with E-state index in [0.717, 1.165) is 21.3 Å². The van der Waals surface area contributed by atoms with Crippen molar-refractivity contribution >= 4 is 39.6 Å². The number of hydrogen-bond acceptors (Lipinski definition) is 8. The molecule has 5 aromatic rings. The third-order valence-corrected chi connectivity index (χ3v) is 16.0. The lowest BCUT2D eigenvalue weighted by Gasteiger charge is -2.45. The molecule has 11 heteroatoms. The minimum Gasteiger partial charge on any atom is -0.405 e. The van der Waals surface area contributed by atoms with Crippen LogP contribution in [0.5, 0.6) is 0 Å². The molecule has 1 aliphatic heterocycles. The Morgan fingerprint density at radius 1 is 0.755 bits per heavy atom. The summed E-state index contributed by atoms with van der Waals surface area (Å²) < 4.78 is 47.4. The molecule has 0 amide bonds. The van der Waals surface area contributed by atoms with Crippen LogP contribution in [0.2, 0.25) is 5.04 Å². The number of fused-ring (bicyclic) bond motifs is 1. The van der Waals surface area contributed by atoms with E-state index < -0.39 is 49.0 Å². The van der Waals surface area contributed by atoms with Gasteiger partial charge in [-0.1, -0.05) is 118 Å². The average molecular weight is 702 g/mol. The molecule has 3 N–H and O–H groups in total. The Bertz CT molecular complexity index is 1910. The maximum atomic E-state index is 13.5. The zero-order valence-electron chi connectivity index (χ0n) is 27.8. The number of aromatic nitrogens is 1. The quantitative estimate of drug-likeness (QED) is 0.178. The molecular formula is C38H43NO8SSi. The Kier molecular flexibility index (Phi) is 10.3. The first-order valence-electron chi connectivity index (χ1n) is 16.4. The molecule has 49 heavy (non-hydrogen) atoms. The zero-order chi connectivity index (χ0) is 34.8. The van der Waals surface area contributed by atoms with Gasteiger partial charge in [-0.3, -0.25) is 0 Å². The van der Waals surface area contributed by atoms with Gasteiger partial charge >= 0.3 is 0 Å². The van der Waals surface area contributed by atoms with Crippen LogP contribution in [-0.2, 0) is 30.3 Å². The molecule has 4 aromatic carbocycles. The highest BCUT2D eigenvalue weighted by molar-refractivity contribution is 7.90. The Labute approximate surface area is 288 Å². The van der Waals surface area contributed by atoms with E-state index in [9.17, 15) is 23.7 Å². The van der Waals surface area contributed by atoms with Crippen molar-refractivity contribution in [3.05, 3.63) is 127 Å². The minimum absolute atomic E-state index is 0.0478. The topological polar surface area (TPSA) is 127 Å². The molecule has 0 unspecified atom stereocenters. The van der Waals surface area contributed by atoms with Crippen LogP contribution < -0.4 is 10.4 Å². The number of ether oxygens (including phenoxy) is 2. The van der Waals surface area contributed by atoms with Crippen LogP contribution in [0.1, 0.15) is 26.3 Å². The molecule has 0 radical (unpaired) electrons.